The van der Waals surface area contributed by atoms with Gasteiger partial charge in [-0.2, -0.15) is 0 Å². The van der Waals surface area contributed by atoms with Crippen molar-refractivity contribution in [2.24, 2.45) is 0 Å². The summed E-state index contributed by atoms with van der Waals surface area (Å²) in [5, 5.41) is 4.90. The number of benzene rings is 4. The number of nitrogens with zero attached hydrogens (tertiary/aromatic N) is 4. The van der Waals surface area contributed by atoms with Crippen molar-refractivity contribution >= 4 is 50.8 Å². The monoisotopic (exact) mass is 730 g/mol. The van der Waals surface area contributed by atoms with Crippen molar-refractivity contribution in [3.8, 4) is 0 Å². The molecule has 0 radical (unpaired) electrons. The number of imide groups is 2. The van der Waals surface area contributed by atoms with Gasteiger partial charge in [0.1, 0.15) is 5.57 Å². The van der Waals surface area contributed by atoms with Crippen molar-refractivity contribution in [1.29, 1.82) is 0 Å². The third kappa shape index (κ3) is 5.42. The molecule has 7 heteroatoms. The van der Waals surface area contributed by atoms with E-state index in [0.29, 0.717) is 18.4 Å². The number of likely N-dealkylation sites (N-methyl/N-ethyl adjacent to an activating group) is 4. The number of hydrogen-bond donors (Lipinski definition) is 0. The fourth-order valence-corrected chi connectivity index (χ4v) is 9.78. The van der Waals surface area contributed by atoms with E-state index < -0.39 is 17.8 Å². The van der Waals surface area contributed by atoms with Crippen molar-refractivity contribution in [3.63, 3.8) is 0 Å². The first-order valence-electron chi connectivity index (χ1n) is 19.6. The lowest BCUT2D eigenvalue weighted by atomic mass is 9.78. The van der Waals surface area contributed by atoms with Crippen LogP contribution < -0.4 is 9.80 Å². The molecular formula is C48H50N4O3. The lowest BCUT2D eigenvalue weighted by Gasteiger charge is -2.35. The first-order valence-corrected chi connectivity index (χ1v) is 19.6. The molecule has 2 fully saturated rings. The van der Waals surface area contributed by atoms with Crippen LogP contribution >= 0.6 is 0 Å². The Kier molecular flexibility index (Phi) is 8.75. The molecule has 4 aromatic carbocycles. The molecule has 1 aliphatic carbocycles. The number of barbiturate groups is 1. The van der Waals surface area contributed by atoms with Crippen molar-refractivity contribution in [2.45, 2.75) is 71.6 Å². The summed E-state index contributed by atoms with van der Waals surface area (Å²) in [7, 11) is 4.23. The topological polar surface area (TPSA) is 64.2 Å². The highest BCUT2D eigenvalue weighted by atomic mass is 16.2. The normalized spacial score (nSPS) is 22.4. The smallest absolute Gasteiger partial charge is 0.333 e. The Morgan fingerprint density at radius 3 is 1.40 bits per heavy atom. The highest BCUT2D eigenvalue weighted by molar-refractivity contribution is 6.29. The van der Waals surface area contributed by atoms with Crippen LogP contribution in [-0.2, 0) is 20.4 Å². The number of fused-ring (bicyclic) bond motifs is 6. The molecule has 1 saturated heterocycles. The fourth-order valence-electron chi connectivity index (χ4n) is 9.78. The summed E-state index contributed by atoms with van der Waals surface area (Å²) in [4.78, 5) is 48.9. The number of carbonyl (C=O) groups excluding carboxylic acids is 3. The van der Waals surface area contributed by atoms with Gasteiger partial charge in [-0.15, -0.1) is 0 Å². The first kappa shape index (κ1) is 36.3. The van der Waals surface area contributed by atoms with E-state index in [2.05, 4.69) is 149 Å². The number of urea groups is 1. The molecule has 0 N–H and O–H groups in total. The number of allylic oxidation sites excluding steroid dienone is 9. The molecule has 4 amide bonds. The molecule has 1 saturated carbocycles. The van der Waals surface area contributed by atoms with E-state index in [1.54, 1.807) is 13.8 Å². The van der Waals surface area contributed by atoms with Crippen LogP contribution in [0.5, 0.6) is 0 Å². The lowest BCUT2D eigenvalue weighted by Crippen LogP contribution is -2.56. The summed E-state index contributed by atoms with van der Waals surface area (Å²) in [6.45, 7) is 13.0. The summed E-state index contributed by atoms with van der Waals surface area (Å²) in [6.07, 6.45) is 10.9. The number of carbonyl (C=O) groups is 3. The molecule has 280 valence electrons. The van der Waals surface area contributed by atoms with Crippen LogP contribution in [0.2, 0.25) is 0 Å². The second-order valence-corrected chi connectivity index (χ2v) is 16.2. The molecule has 0 unspecified atom stereocenters. The molecule has 3 aliphatic heterocycles. The van der Waals surface area contributed by atoms with Crippen LogP contribution in [0.1, 0.15) is 71.9 Å². The van der Waals surface area contributed by atoms with Gasteiger partial charge < -0.3 is 9.80 Å². The Morgan fingerprint density at radius 1 is 0.564 bits per heavy atom. The molecule has 0 spiro atoms. The predicted molar refractivity (Wildman–Crippen MR) is 224 cm³/mol. The Morgan fingerprint density at radius 2 is 0.982 bits per heavy atom. The van der Waals surface area contributed by atoms with E-state index in [0.717, 1.165) is 29.0 Å². The Balaban J connectivity index is 1.30. The van der Waals surface area contributed by atoms with Gasteiger partial charge in [0.15, 0.2) is 0 Å². The molecule has 0 bridgehead atoms. The van der Waals surface area contributed by atoms with Gasteiger partial charge in [-0.1, -0.05) is 101 Å². The first-order chi connectivity index (χ1) is 26.3. The number of anilines is 2. The molecule has 0 aromatic heterocycles. The second kappa shape index (κ2) is 13.3. The van der Waals surface area contributed by atoms with Crippen molar-refractivity contribution in [3.05, 3.63) is 142 Å². The molecule has 8 rings (SSSR count). The van der Waals surface area contributed by atoms with Crippen LogP contribution in [0.4, 0.5) is 16.2 Å². The highest BCUT2D eigenvalue weighted by Gasteiger charge is 2.44. The zero-order valence-electron chi connectivity index (χ0n) is 33.3. The van der Waals surface area contributed by atoms with Gasteiger partial charge in [0, 0.05) is 60.8 Å². The second-order valence-electron chi connectivity index (χ2n) is 16.2. The van der Waals surface area contributed by atoms with E-state index in [1.165, 1.54) is 53.8 Å². The third-order valence-corrected chi connectivity index (χ3v) is 12.5. The molecule has 4 aliphatic rings. The third-order valence-electron chi connectivity index (χ3n) is 12.5. The van der Waals surface area contributed by atoms with Crippen molar-refractivity contribution < 1.29 is 14.4 Å². The minimum Gasteiger partial charge on any atom is -0.347 e. The summed E-state index contributed by atoms with van der Waals surface area (Å²) in [5.41, 5.74) is 9.19. The van der Waals surface area contributed by atoms with Crippen LogP contribution in [-0.4, -0.2) is 54.8 Å². The largest absolute Gasteiger partial charge is 0.347 e. The van der Waals surface area contributed by atoms with E-state index in [9.17, 15) is 14.4 Å². The molecular weight excluding hydrogens is 681 g/mol. The fraction of sp³-hybridized carbons (Fsp3) is 0.312. The maximum Gasteiger partial charge on any atom is 0.333 e. The standard InChI is InChI=1S/C48H50N4O3/c1-9-51-44(53)41(45(54)52(10-2)46(51)55)40-32(24-28-38-47(3,4)42-34-20-13-11-16-30(34)22-26-36(42)49(38)7)18-15-19-33(40)25-29-39-48(5,6)43-35-21-14-12-17-31(35)23-27-37(43)50(39)8/h11-14,16-17,20-29H,9-10,15,18-19H2,1-8H3/b32-24+,33-25+,38-28-,39-29+. The number of hydrogen-bond acceptors (Lipinski definition) is 5. The van der Waals surface area contributed by atoms with Gasteiger partial charge in [-0.05, 0) is 107 Å². The lowest BCUT2D eigenvalue weighted by molar-refractivity contribution is -0.135. The summed E-state index contributed by atoms with van der Waals surface area (Å²) in [5.74, 6) is -1.05. The van der Waals surface area contributed by atoms with Crippen molar-refractivity contribution in [1.82, 2.24) is 9.80 Å². The maximum absolute atomic E-state index is 14.3. The Bertz CT molecular complexity index is 2330. The molecule has 4 aromatic rings. The molecule has 7 nitrogen and oxygen atoms in total. The molecule has 0 atom stereocenters. The summed E-state index contributed by atoms with van der Waals surface area (Å²) in [6, 6.07) is 25.3. The average molecular weight is 731 g/mol. The number of amides is 4. The van der Waals surface area contributed by atoms with E-state index in [1.807, 2.05) is 0 Å². The van der Waals surface area contributed by atoms with E-state index in [-0.39, 0.29) is 29.5 Å². The predicted octanol–water partition coefficient (Wildman–Crippen LogP) is 10.1. The number of rotatable bonds is 4. The van der Waals surface area contributed by atoms with Gasteiger partial charge in [0.25, 0.3) is 11.8 Å². The zero-order valence-corrected chi connectivity index (χ0v) is 33.3. The van der Waals surface area contributed by atoms with Crippen LogP contribution in [0, 0.1) is 0 Å². The summed E-state index contributed by atoms with van der Waals surface area (Å²) >= 11 is 0. The van der Waals surface area contributed by atoms with Gasteiger partial charge in [0.05, 0.1) is 0 Å². The van der Waals surface area contributed by atoms with Gasteiger partial charge >= 0.3 is 6.03 Å². The minimum absolute atomic E-state index is 0.0823. The highest BCUT2D eigenvalue weighted by Crippen LogP contribution is 2.52. The minimum atomic E-state index is -0.556. The quantitative estimate of drug-likeness (QED) is 0.155. The van der Waals surface area contributed by atoms with Crippen LogP contribution in [0.3, 0.4) is 0 Å². The maximum atomic E-state index is 14.3. The zero-order chi connectivity index (χ0) is 39.0. The van der Waals surface area contributed by atoms with Crippen molar-refractivity contribution in [2.75, 3.05) is 37.0 Å². The van der Waals surface area contributed by atoms with E-state index >= 15 is 0 Å². The van der Waals surface area contributed by atoms with Gasteiger partial charge in [-0.3, -0.25) is 19.4 Å². The van der Waals surface area contributed by atoms with Gasteiger partial charge in [0.2, 0.25) is 0 Å². The Labute approximate surface area is 324 Å². The SMILES string of the molecule is CCN1C(=O)C(=C2/C(=C/C=C3\N(C)c4ccc5ccccc5c4C3(C)C)CCC/C2=C\C=C2\N(C)c3ccc4ccccc4c3C2(C)C)C(=O)N(CC)C1=O. The Hall–Kier alpha value is -5.69. The van der Waals surface area contributed by atoms with E-state index in [4.69, 9.17) is 0 Å². The van der Waals surface area contributed by atoms with Crippen LogP contribution in [0.25, 0.3) is 21.5 Å². The van der Waals surface area contributed by atoms with Crippen LogP contribution in [0.15, 0.2) is 131 Å². The molecule has 3 heterocycles. The van der Waals surface area contributed by atoms with Gasteiger partial charge in [-0.25, -0.2) is 4.79 Å². The average Bonchev–Trinajstić information content (AvgIpc) is 3.50. The molecule has 55 heavy (non-hydrogen) atoms. The summed E-state index contributed by atoms with van der Waals surface area (Å²) < 4.78 is 0.